The molecule has 0 aliphatic rings. The van der Waals surface area contributed by atoms with Crippen LogP contribution in [0.15, 0.2) is 24.3 Å². The highest BCUT2D eigenvalue weighted by Crippen LogP contribution is 2.14. The van der Waals surface area contributed by atoms with E-state index in [9.17, 15) is 4.79 Å². The molecule has 0 aliphatic carbocycles. The molecule has 0 fully saturated rings. The van der Waals surface area contributed by atoms with E-state index < -0.39 is 6.10 Å². The predicted octanol–water partition coefficient (Wildman–Crippen LogP) is 2.38. The third kappa shape index (κ3) is 5.61. The summed E-state index contributed by atoms with van der Waals surface area (Å²) in [5.41, 5.74) is 1.16. The second kappa shape index (κ2) is 8.59. The molecule has 0 spiro atoms. The summed E-state index contributed by atoms with van der Waals surface area (Å²) in [4.78, 5) is 13.8. The first-order valence-electron chi connectivity index (χ1n) is 7.13. The number of hydrogen-bond acceptors (Lipinski definition) is 3. The summed E-state index contributed by atoms with van der Waals surface area (Å²) in [6.45, 7) is 4.69. The molecule has 112 valence electrons. The number of aliphatic hydroxyl groups is 1. The molecule has 20 heavy (non-hydrogen) atoms. The molecule has 1 aromatic rings. The first-order chi connectivity index (χ1) is 9.54. The lowest BCUT2D eigenvalue weighted by Gasteiger charge is -2.22. The van der Waals surface area contributed by atoms with E-state index in [-0.39, 0.29) is 12.5 Å². The molecule has 0 aliphatic heterocycles. The zero-order valence-corrected chi connectivity index (χ0v) is 12.6. The standard InChI is InChI=1S/C16H25NO3/c1-13-7-9-15(10-8-13)20-14(2)16(19)17(3)11-5-4-6-12-18/h7-10,14,18H,4-6,11-12H2,1-3H3. The number of amides is 1. The number of benzene rings is 1. The van der Waals surface area contributed by atoms with E-state index in [2.05, 4.69) is 0 Å². The van der Waals surface area contributed by atoms with Gasteiger partial charge in [-0.2, -0.15) is 0 Å². The van der Waals surface area contributed by atoms with Gasteiger partial charge in [0.15, 0.2) is 6.10 Å². The Labute approximate surface area is 121 Å². The average molecular weight is 279 g/mol. The summed E-state index contributed by atoms with van der Waals surface area (Å²) in [5.74, 6) is 0.694. The Hall–Kier alpha value is -1.55. The van der Waals surface area contributed by atoms with Crippen LogP contribution in [-0.4, -0.2) is 42.2 Å². The van der Waals surface area contributed by atoms with Crippen LogP contribution in [0.4, 0.5) is 0 Å². The molecule has 0 aromatic heterocycles. The van der Waals surface area contributed by atoms with E-state index in [1.54, 1.807) is 18.9 Å². The monoisotopic (exact) mass is 279 g/mol. The second-order valence-electron chi connectivity index (χ2n) is 5.12. The highest BCUT2D eigenvalue weighted by Gasteiger charge is 2.18. The minimum Gasteiger partial charge on any atom is -0.481 e. The molecule has 4 heteroatoms. The summed E-state index contributed by atoms with van der Waals surface area (Å²) < 4.78 is 5.65. The molecule has 1 atom stereocenters. The molecule has 1 aromatic carbocycles. The predicted molar refractivity (Wildman–Crippen MR) is 79.8 cm³/mol. The van der Waals surface area contributed by atoms with Crippen LogP contribution in [0, 0.1) is 6.92 Å². The topological polar surface area (TPSA) is 49.8 Å². The van der Waals surface area contributed by atoms with Gasteiger partial charge in [0.1, 0.15) is 5.75 Å². The Morgan fingerprint density at radius 3 is 2.50 bits per heavy atom. The Balaban J connectivity index is 2.39. The third-order valence-corrected chi connectivity index (χ3v) is 3.21. The summed E-state index contributed by atoms with van der Waals surface area (Å²) in [5, 5.41) is 8.71. The van der Waals surface area contributed by atoms with Crippen molar-refractivity contribution in [2.45, 2.75) is 39.2 Å². The number of likely N-dealkylation sites (N-methyl/N-ethyl adjacent to an activating group) is 1. The van der Waals surface area contributed by atoms with Crippen molar-refractivity contribution in [1.82, 2.24) is 4.90 Å². The molecule has 1 rings (SSSR count). The maximum atomic E-state index is 12.1. The van der Waals surface area contributed by atoms with Gasteiger partial charge in [-0.1, -0.05) is 17.7 Å². The maximum absolute atomic E-state index is 12.1. The van der Waals surface area contributed by atoms with Crippen LogP contribution >= 0.6 is 0 Å². The fourth-order valence-corrected chi connectivity index (χ4v) is 1.93. The average Bonchev–Trinajstić information content (AvgIpc) is 2.45. The van der Waals surface area contributed by atoms with Gasteiger partial charge < -0.3 is 14.7 Å². The fourth-order valence-electron chi connectivity index (χ4n) is 1.93. The van der Waals surface area contributed by atoms with Crippen molar-refractivity contribution >= 4 is 5.91 Å². The SMILES string of the molecule is Cc1ccc(OC(C)C(=O)N(C)CCCCCO)cc1. The lowest BCUT2D eigenvalue weighted by molar-refractivity contribution is -0.136. The first kappa shape index (κ1) is 16.5. The Morgan fingerprint density at radius 1 is 1.25 bits per heavy atom. The minimum absolute atomic E-state index is 0.0189. The molecule has 1 amide bonds. The quantitative estimate of drug-likeness (QED) is 0.743. The number of unbranched alkanes of at least 4 members (excludes halogenated alkanes) is 2. The van der Waals surface area contributed by atoms with Gasteiger partial charge in [-0.3, -0.25) is 4.79 Å². The Kier molecular flexibility index (Phi) is 7.09. The molecule has 0 heterocycles. The minimum atomic E-state index is -0.486. The van der Waals surface area contributed by atoms with Gasteiger partial charge >= 0.3 is 0 Å². The van der Waals surface area contributed by atoms with E-state index in [1.165, 1.54) is 0 Å². The molecule has 0 radical (unpaired) electrons. The summed E-state index contributed by atoms with van der Waals surface area (Å²) >= 11 is 0. The first-order valence-corrected chi connectivity index (χ1v) is 7.13. The van der Waals surface area contributed by atoms with Crippen LogP contribution in [0.3, 0.4) is 0 Å². The van der Waals surface area contributed by atoms with Crippen molar-refractivity contribution in [1.29, 1.82) is 0 Å². The Bertz CT molecular complexity index is 403. The zero-order valence-electron chi connectivity index (χ0n) is 12.6. The van der Waals surface area contributed by atoms with E-state index in [0.29, 0.717) is 12.3 Å². The molecule has 0 saturated carbocycles. The highest BCUT2D eigenvalue weighted by atomic mass is 16.5. The van der Waals surface area contributed by atoms with Crippen molar-refractivity contribution in [3.05, 3.63) is 29.8 Å². The van der Waals surface area contributed by atoms with Crippen LogP contribution in [0.5, 0.6) is 5.75 Å². The van der Waals surface area contributed by atoms with Crippen molar-refractivity contribution in [2.75, 3.05) is 20.2 Å². The molecular weight excluding hydrogens is 254 g/mol. The lowest BCUT2D eigenvalue weighted by atomic mass is 10.2. The van der Waals surface area contributed by atoms with E-state index >= 15 is 0 Å². The van der Waals surface area contributed by atoms with Gasteiger partial charge in [0, 0.05) is 20.2 Å². The van der Waals surface area contributed by atoms with E-state index in [0.717, 1.165) is 24.8 Å². The molecule has 1 N–H and O–H groups in total. The van der Waals surface area contributed by atoms with Crippen molar-refractivity contribution in [2.24, 2.45) is 0 Å². The second-order valence-corrected chi connectivity index (χ2v) is 5.12. The number of carbonyl (C=O) groups is 1. The maximum Gasteiger partial charge on any atom is 0.263 e. The number of rotatable bonds is 8. The summed E-state index contributed by atoms with van der Waals surface area (Å²) in [6.07, 6.45) is 2.14. The van der Waals surface area contributed by atoms with Gasteiger partial charge in [-0.05, 0) is 45.2 Å². The molecular formula is C16H25NO3. The van der Waals surface area contributed by atoms with Gasteiger partial charge in [-0.15, -0.1) is 0 Å². The molecule has 0 saturated heterocycles. The third-order valence-electron chi connectivity index (χ3n) is 3.21. The number of aryl methyl sites for hydroxylation is 1. The van der Waals surface area contributed by atoms with E-state index in [1.807, 2.05) is 31.2 Å². The van der Waals surface area contributed by atoms with Crippen LogP contribution in [0.2, 0.25) is 0 Å². The summed E-state index contributed by atoms with van der Waals surface area (Å²) in [6, 6.07) is 7.68. The van der Waals surface area contributed by atoms with Crippen LogP contribution in [0.1, 0.15) is 31.7 Å². The number of aliphatic hydroxyl groups excluding tert-OH is 1. The smallest absolute Gasteiger partial charge is 0.263 e. The Morgan fingerprint density at radius 2 is 1.90 bits per heavy atom. The number of hydrogen-bond donors (Lipinski definition) is 1. The van der Waals surface area contributed by atoms with Gasteiger partial charge in [-0.25, -0.2) is 0 Å². The van der Waals surface area contributed by atoms with Crippen molar-refractivity contribution in [3.63, 3.8) is 0 Å². The molecule has 1 unspecified atom stereocenters. The number of carbonyl (C=O) groups excluding carboxylic acids is 1. The molecule has 0 bridgehead atoms. The fraction of sp³-hybridized carbons (Fsp3) is 0.562. The lowest BCUT2D eigenvalue weighted by Crippen LogP contribution is -2.38. The van der Waals surface area contributed by atoms with E-state index in [4.69, 9.17) is 9.84 Å². The van der Waals surface area contributed by atoms with Crippen molar-refractivity contribution < 1.29 is 14.6 Å². The number of nitrogens with zero attached hydrogens (tertiary/aromatic N) is 1. The largest absolute Gasteiger partial charge is 0.481 e. The van der Waals surface area contributed by atoms with Gasteiger partial charge in [0.05, 0.1) is 0 Å². The van der Waals surface area contributed by atoms with Crippen LogP contribution in [-0.2, 0) is 4.79 Å². The van der Waals surface area contributed by atoms with Gasteiger partial charge in [0.25, 0.3) is 5.91 Å². The zero-order chi connectivity index (χ0) is 15.0. The van der Waals surface area contributed by atoms with Gasteiger partial charge in [0.2, 0.25) is 0 Å². The summed E-state index contributed by atoms with van der Waals surface area (Å²) in [7, 11) is 1.79. The van der Waals surface area contributed by atoms with Crippen molar-refractivity contribution in [3.8, 4) is 5.75 Å². The van der Waals surface area contributed by atoms with Crippen LogP contribution in [0.25, 0.3) is 0 Å². The van der Waals surface area contributed by atoms with Crippen LogP contribution < -0.4 is 4.74 Å². The molecule has 4 nitrogen and oxygen atoms in total. The highest BCUT2D eigenvalue weighted by molar-refractivity contribution is 5.80. The normalized spacial score (nSPS) is 12.0. The number of ether oxygens (including phenoxy) is 1.